The highest BCUT2D eigenvalue weighted by molar-refractivity contribution is 7.12. The molecule has 0 atom stereocenters. The van der Waals surface area contributed by atoms with Crippen molar-refractivity contribution in [3.05, 3.63) is 65.1 Å². The summed E-state index contributed by atoms with van der Waals surface area (Å²) < 4.78 is 0. The molecular formula is C21H20N4O2S. The summed E-state index contributed by atoms with van der Waals surface area (Å²) in [7, 11) is 0. The highest BCUT2D eigenvalue weighted by Crippen LogP contribution is 2.22. The van der Waals surface area contributed by atoms with E-state index in [4.69, 9.17) is 0 Å². The van der Waals surface area contributed by atoms with Crippen molar-refractivity contribution in [2.75, 3.05) is 18.4 Å². The fourth-order valence-corrected chi connectivity index (χ4v) is 3.96. The highest BCUT2D eigenvalue weighted by Gasteiger charge is 2.28. The first-order valence-corrected chi connectivity index (χ1v) is 10.1. The third-order valence-electron chi connectivity index (χ3n) is 4.84. The number of hydrogen-bond acceptors (Lipinski definition) is 5. The van der Waals surface area contributed by atoms with Gasteiger partial charge in [0, 0.05) is 24.6 Å². The molecule has 4 rings (SSSR count). The van der Waals surface area contributed by atoms with Crippen LogP contribution in [0.1, 0.15) is 22.5 Å². The largest absolute Gasteiger partial charge is 0.338 e. The summed E-state index contributed by atoms with van der Waals surface area (Å²) >= 11 is 1.45. The predicted molar refractivity (Wildman–Crippen MR) is 109 cm³/mol. The number of carbonyl (C=O) groups excluding carboxylic acids is 2. The summed E-state index contributed by atoms with van der Waals surface area (Å²) in [4.78, 5) is 36.2. The van der Waals surface area contributed by atoms with Crippen molar-refractivity contribution in [2.45, 2.75) is 12.8 Å². The molecule has 3 aromatic rings. The van der Waals surface area contributed by atoms with Crippen LogP contribution in [0, 0.1) is 5.92 Å². The Kier molecular flexibility index (Phi) is 5.43. The van der Waals surface area contributed by atoms with Gasteiger partial charge in [0.05, 0.1) is 23.0 Å². The summed E-state index contributed by atoms with van der Waals surface area (Å²) in [6.07, 6.45) is 4.57. The number of hydrogen-bond donors (Lipinski definition) is 1. The molecule has 1 aliphatic heterocycles. The van der Waals surface area contributed by atoms with E-state index in [1.54, 1.807) is 12.4 Å². The molecule has 2 amide bonds. The van der Waals surface area contributed by atoms with Crippen LogP contribution in [0.5, 0.6) is 0 Å². The molecule has 3 heterocycles. The zero-order valence-corrected chi connectivity index (χ0v) is 16.1. The molecule has 0 saturated carbocycles. The van der Waals surface area contributed by atoms with Gasteiger partial charge < -0.3 is 10.2 Å². The Morgan fingerprint density at radius 2 is 1.71 bits per heavy atom. The lowest BCUT2D eigenvalue weighted by atomic mass is 9.95. The Labute approximate surface area is 167 Å². The number of likely N-dealkylation sites (tertiary alicyclic amines) is 1. The van der Waals surface area contributed by atoms with E-state index in [9.17, 15) is 9.59 Å². The molecule has 28 heavy (non-hydrogen) atoms. The SMILES string of the molecule is O=C(Nc1cnc(-c2ccccc2)nc1)C1CCN(C(=O)c2cccs2)CC1. The fourth-order valence-electron chi connectivity index (χ4n) is 3.27. The maximum absolute atomic E-state index is 12.6. The molecule has 1 N–H and O–H groups in total. The Morgan fingerprint density at radius 1 is 1.00 bits per heavy atom. The van der Waals surface area contributed by atoms with Gasteiger partial charge in [0.2, 0.25) is 5.91 Å². The van der Waals surface area contributed by atoms with Crippen LogP contribution in [-0.4, -0.2) is 39.8 Å². The minimum atomic E-state index is -0.110. The van der Waals surface area contributed by atoms with E-state index in [1.165, 1.54) is 11.3 Å². The van der Waals surface area contributed by atoms with Crippen molar-refractivity contribution in [2.24, 2.45) is 5.92 Å². The van der Waals surface area contributed by atoms with Gasteiger partial charge in [0.25, 0.3) is 5.91 Å². The number of anilines is 1. The maximum atomic E-state index is 12.6. The topological polar surface area (TPSA) is 75.2 Å². The lowest BCUT2D eigenvalue weighted by molar-refractivity contribution is -0.121. The minimum absolute atomic E-state index is 0.0423. The average molecular weight is 392 g/mol. The third-order valence-corrected chi connectivity index (χ3v) is 5.69. The van der Waals surface area contributed by atoms with Gasteiger partial charge in [-0.2, -0.15) is 0 Å². The summed E-state index contributed by atoms with van der Waals surface area (Å²) in [5.74, 6) is 0.526. The van der Waals surface area contributed by atoms with Gasteiger partial charge in [-0.3, -0.25) is 9.59 Å². The van der Waals surface area contributed by atoms with Gasteiger partial charge in [-0.25, -0.2) is 9.97 Å². The standard InChI is InChI=1S/C21H20N4O2S/c26-20(16-8-10-25(11-9-16)21(27)18-7-4-12-28-18)24-17-13-22-19(23-14-17)15-5-2-1-3-6-15/h1-7,12-14,16H,8-11H2,(H,24,26). The van der Waals surface area contributed by atoms with Crippen LogP contribution < -0.4 is 5.32 Å². The Bertz CT molecular complexity index is 934. The molecule has 0 unspecified atom stereocenters. The molecule has 0 radical (unpaired) electrons. The number of piperidine rings is 1. The summed E-state index contributed by atoms with van der Waals surface area (Å²) in [5, 5.41) is 4.80. The fraction of sp³-hybridized carbons (Fsp3) is 0.238. The summed E-state index contributed by atoms with van der Waals surface area (Å²) in [5.41, 5.74) is 1.52. The molecule has 0 spiro atoms. The van der Waals surface area contributed by atoms with Crippen LogP contribution in [0.3, 0.4) is 0 Å². The number of carbonyl (C=O) groups is 2. The predicted octanol–water partition coefficient (Wildman–Crippen LogP) is 3.70. The molecule has 6 nitrogen and oxygen atoms in total. The lowest BCUT2D eigenvalue weighted by Crippen LogP contribution is -2.41. The first kappa shape index (κ1) is 18.3. The number of nitrogens with one attached hydrogen (secondary N) is 1. The molecule has 0 aliphatic carbocycles. The second-order valence-corrected chi connectivity index (χ2v) is 7.64. The van der Waals surface area contributed by atoms with Crippen LogP contribution in [0.25, 0.3) is 11.4 Å². The molecular weight excluding hydrogens is 372 g/mol. The second-order valence-electron chi connectivity index (χ2n) is 6.69. The molecule has 1 aromatic carbocycles. The van der Waals surface area contributed by atoms with E-state index in [2.05, 4.69) is 15.3 Å². The quantitative estimate of drug-likeness (QED) is 0.735. The van der Waals surface area contributed by atoms with E-state index < -0.39 is 0 Å². The molecule has 1 aliphatic rings. The molecule has 0 bridgehead atoms. The van der Waals surface area contributed by atoms with E-state index in [0.29, 0.717) is 37.4 Å². The number of nitrogens with zero attached hydrogens (tertiary/aromatic N) is 3. The Hall–Kier alpha value is -3.06. The molecule has 2 aromatic heterocycles. The number of aromatic nitrogens is 2. The van der Waals surface area contributed by atoms with E-state index in [0.717, 1.165) is 10.4 Å². The van der Waals surface area contributed by atoms with Crippen molar-refractivity contribution in [1.29, 1.82) is 0 Å². The first-order valence-electron chi connectivity index (χ1n) is 9.22. The van der Waals surface area contributed by atoms with Gasteiger partial charge in [-0.05, 0) is 24.3 Å². The van der Waals surface area contributed by atoms with Crippen molar-refractivity contribution in [3.63, 3.8) is 0 Å². The van der Waals surface area contributed by atoms with Crippen molar-refractivity contribution in [1.82, 2.24) is 14.9 Å². The number of thiophene rings is 1. The van der Waals surface area contributed by atoms with Crippen LogP contribution in [-0.2, 0) is 4.79 Å². The molecule has 142 valence electrons. The monoisotopic (exact) mass is 392 g/mol. The van der Waals surface area contributed by atoms with Crippen molar-refractivity contribution in [3.8, 4) is 11.4 Å². The van der Waals surface area contributed by atoms with Gasteiger partial charge in [0.15, 0.2) is 5.82 Å². The molecule has 7 heteroatoms. The van der Waals surface area contributed by atoms with Gasteiger partial charge in [0.1, 0.15) is 0 Å². The van der Waals surface area contributed by atoms with E-state index in [1.807, 2.05) is 52.7 Å². The molecule has 1 fully saturated rings. The Balaban J connectivity index is 1.32. The van der Waals surface area contributed by atoms with Crippen LogP contribution in [0.2, 0.25) is 0 Å². The lowest BCUT2D eigenvalue weighted by Gasteiger charge is -2.31. The van der Waals surface area contributed by atoms with Gasteiger partial charge >= 0.3 is 0 Å². The number of benzene rings is 1. The van der Waals surface area contributed by atoms with Gasteiger partial charge in [-0.15, -0.1) is 11.3 Å². The highest BCUT2D eigenvalue weighted by atomic mass is 32.1. The maximum Gasteiger partial charge on any atom is 0.263 e. The van der Waals surface area contributed by atoms with Crippen LogP contribution >= 0.6 is 11.3 Å². The van der Waals surface area contributed by atoms with E-state index >= 15 is 0 Å². The third kappa shape index (κ3) is 4.09. The summed E-state index contributed by atoms with van der Waals surface area (Å²) in [6, 6.07) is 13.4. The second kappa shape index (κ2) is 8.31. The van der Waals surface area contributed by atoms with Crippen LogP contribution in [0.15, 0.2) is 60.2 Å². The average Bonchev–Trinajstić information content (AvgIpc) is 3.29. The van der Waals surface area contributed by atoms with Crippen molar-refractivity contribution < 1.29 is 9.59 Å². The van der Waals surface area contributed by atoms with Crippen LogP contribution in [0.4, 0.5) is 5.69 Å². The summed E-state index contributed by atoms with van der Waals surface area (Å²) in [6.45, 7) is 1.19. The molecule has 1 saturated heterocycles. The number of rotatable bonds is 4. The number of amides is 2. The van der Waals surface area contributed by atoms with E-state index in [-0.39, 0.29) is 17.7 Å². The minimum Gasteiger partial charge on any atom is -0.338 e. The zero-order chi connectivity index (χ0) is 19.3. The van der Waals surface area contributed by atoms with Gasteiger partial charge in [-0.1, -0.05) is 36.4 Å². The Morgan fingerprint density at radius 3 is 2.36 bits per heavy atom. The zero-order valence-electron chi connectivity index (χ0n) is 15.2. The smallest absolute Gasteiger partial charge is 0.263 e. The normalized spacial score (nSPS) is 14.6. The van der Waals surface area contributed by atoms with Crippen molar-refractivity contribution >= 4 is 28.8 Å². The first-order chi connectivity index (χ1) is 13.7.